The van der Waals surface area contributed by atoms with Gasteiger partial charge in [0.2, 0.25) is 0 Å². The van der Waals surface area contributed by atoms with Crippen LogP contribution >= 0.6 is 0 Å². The van der Waals surface area contributed by atoms with Crippen molar-refractivity contribution < 1.29 is 4.42 Å². The zero-order chi connectivity index (χ0) is 37.2. The third-order valence-electron chi connectivity index (χ3n) is 12.6. The van der Waals surface area contributed by atoms with E-state index in [1.54, 1.807) is 0 Å². The number of fused-ring (bicyclic) bond motifs is 9. The normalized spacial score (nSPS) is 12.2. The second-order valence-corrected chi connectivity index (χ2v) is 15.5. The van der Waals surface area contributed by atoms with Gasteiger partial charge >= 0.3 is 0 Å². The van der Waals surface area contributed by atoms with E-state index in [4.69, 9.17) is 4.42 Å². The van der Waals surface area contributed by atoms with E-state index in [-0.39, 0.29) is 0 Å². The summed E-state index contributed by atoms with van der Waals surface area (Å²) in [5.74, 6) is 0. The number of rotatable bonds is 3. The van der Waals surface area contributed by atoms with E-state index in [1.165, 1.54) is 97.8 Å². The van der Waals surface area contributed by atoms with Crippen molar-refractivity contribution in [3.63, 3.8) is 0 Å². The quantitative estimate of drug-likeness (QED) is 0.131. The lowest BCUT2D eigenvalue weighted by Gasteiger charge is -2.18. The molecule has 0 fully saturated rings. The molecule has 13 rings (SSSR count). The SMILES string of the molecule is c1ccc(-c2ccc3ccc4c(-c5cc(-c6c7ccccc7cc7c6ccc6ccccc67)cc6oc7c8ccccc8ccc7c56)ccc5ccc2c3c54)cc1. The topological polar surface area (TPSA) is 13.1 Å². The summed E-state index contributed by atoms with van der Waals surface area (Å²) in [6.07, 6.45) is 0. The lowest BCUT2D eigenvalue weighted by atomic mass is 9.85. The number of hydrogen-bond acceptors (Lipinski definition) is 1. The Hall–Kier alpha value is -7.48. The van der Waals surface area contributed by atoms with Crippen molar-refractivity contribution >= 4 is 97.3 Å². The van der Waals surface area contributed by atoms with Crippen LogP contribution in [0.5, 0.6) is 0 Å². The van der Waals surface area contributed by atoms with E-state index in [9.17, 15) is 0 Å². The Labute approximate surface area is 328 Å². The fourth-order valence-corrected chi connectivity index (χ4v) is 10.0. The molecular weight excluding hydrogens is 689 g/mol. The average molecular weight is 721 g/mol. The Balaban J connectivity index is 1.18. The van der Waals surface area contributed by atoms with Crippen molar-refractivity contribution in [1.29, 1.82) is 0 Å². The van der Waals surface area contributed by atoms with E-state index in [0.29, 0.717) is 0 Å². The molecule has 0 amide bonds. The van der Waals surface area contributed by atoms with Crippen LogP contribution in [-0.4, -0.2) is 0 Å². The van der Waals surface area contributed by atoms with Gasteiger partial charge in [-0.25, -0.2) is 0 Å². The van der Waals surface area contributed by atoms with Crippen molar-refractivity contribution in [2.75, 3.05) is 0 Å². The Morgan fingerprint density at radius 2 is 0.825 bits per heavy atom. The number of hydrogen-bond donors (Lipinski definition) is 0. The molecule has 0 saturated carbocycles. The van der Waals surface area contributed by atoms with E-state index in [0.717, 1.165) is 32.9 Å². The molecule has 0 aliphatic carbocycles. The summed E-state index contributed by atoms with van der Waals surface area (Å²) in [5, 5.41) is 19.7. The van der Waals surface area contributed by atoms with E-state index in [2.05, 4.69) is 194 Å². The Kier molecular flexibility index (Phi) is 6.23. The molecule has 0 saturated heterocycles. The second-order valence-electron chi connectivity index (χ2n) is 15.5. The minimum Gasteiger partial charge on any atom is -0.455 e. The average Bonchev–Trinajstić information content (AvgIpc) is 3.66. The Morgan fingerprint density at radius 3 is 1.60 bits per heavy atom. The molecule has 0 unspecified atom stereocenters. The van der Waals surface area contributed by atoms with Crippen LogP contribution in [0.1, 0.15) is 0 Å². The molecule has 13 aromatic rings. The van der Waals surface area contributed by atoms with Gasteiger partial charge in [-0.2, -0.15) is 0 Å². The zero-order valence-electron chi connectivity index (χ0n) is 30.9. The highest BCUT2D eigenvalue weighted by molar-refractivity contribution is 6.30. The summed E-state index contributed by atoms with van der Waals surface area (Å²) in [4.78, 5) is 0. The summed E-state index contributed by atoms with van der Waals surface area (Å²) in [5.41, 5.74) is 9.09. The van der Waals surface area contributed by atoms with Crippen LogP contribution in [0.15, 0.2) is 199 Å². The molecule has 0 radical (unpaired) electrons. The Morgan fingerprint density at radius 1 is 0.263 bits per heavy atom. The summed E-state index contributed by atoms with van der Waals surface area (Å²) >= 11 is 0. The van der Waals surface area contributed by atoms with Crippen LogP contribution in [0, 0.1) is 0 Å². The summed E-state index contributed by atoms with van der Waals surface area (Å²) in [6, 6.07) is 71.6. The summed E-state index contributed by atoms with van der Waals surface area (Å²) in [6.45, 7) is 0. The first-order valence-corrected chi connectivity index (χ1v) is 19.7. The smallest absolute Gasteiger partial charge is 0.143 e. The first-order valence-electron chi connectivity index (χ1n) is 19.7. The summed E-state index contributed by atoms with van der Waals surface area (Å²) in [7, 11) is 0. The third-order valence-corrected chi connectivity index (χ3v) is 12.6. The molecule has 1 aromatic heterocycles. The molecule has 1 nitrogen and oxygen atoms in total. The maximum atomic E-state index is 7.07. The maximum Gasteiger partial charge on any atom is 0.143 e. The lowest BCUT2D eigenvalue weighted by molar-refractivity contribution is 0.673. The molecule has 0 bridgehead atoms. The standard InChI is InChI=1S/C56H32O/c1-2-10-33(11-3-1)41-24-20-36-23-28-46-44(25-21-37-22-27-45(41)53(36)54(37)46)50-31-39(32-51-55(50)48-29-19-35-13-5-9-17-43(35)56(48)57-51)52-42-16-8-6-14-38(42)30-49-40-15-7-4-12-34(40)18-26-47(49)52/h1-32H. The van der Waals surface area contributed by atoms with Crippen molar-refractivity contribution in [1.82, 2.24) is 0 Å². The van der Waals surface area contributed by atoms with Crippen molar-refractivity contribution in [3.8, 4) is 33.4 Å². The molecular formula is C56H32O. The van der Waals surface area contributed by atoms with Gasteiger partial charge in [0.15, 0.2) is 0 Å². The monoisotopic (exact) mass is 720 g/mol. The van der Waals surface area contributed by atoms with Gasteiger partial charge < -0.3 is 4.42 Å². The molecule has 0 atom stereocenters. The zero-order valence-corrected chi connectivity index (χ0v) is 30.9. The van der Waals surface area contributed by atoms with Gasteiger partial charge in [-0.3, -0.25) is 0 Å². The molecule has 0 spiro atoms. The fourth-order valence-electron chi connectivity index (χ4n) is 10.0. The third kappa shape index (κ3) is 4.34. The molecule has 0 aliphatic heterocycles. The van der Waals surface area contributed by atoms with Crippen LogP contribution in [0.3, 0.4) is 0 Å². The minimum absolute atomic E-state index is 0.896. The van der Waals surface area contributed by atoms with Crippen molar-refractivity contribution in [3.05, 3.63) is 194 Å². The lowest BCUT2D eigenvalue weighted by Crippen LogP contribution is -1.91. The van der Waals surface area contributed by atoms with Gasteiger partial charge in [0.25, 0.3) is 0 Å². The second kappa shape index (κ2) is 11.5. The maximum absolute atomic E-state index is 7.07. The van der Waals surface area contributed by atoms with Gasteiger partial charge in [0, 0.05) is 16.2 Å². The largest absolute Gasteiger partial charge is 0.455 e. The number of benzene rings is 12. The van der Waals surface area contributed by atoms with Gasteiger partial charge in [0.1, 0.15) is 11.2 Å². The highest BCUT2D eigenvalue weighted by atomic mass is 16.3. The molecule has 1 heteroatoms. The van der Waals surface area contributed by atoms with Gasteiger partial charge in [-0.05, 0) is 128 Å². The predicted octanol–water partition coefficient (Wildman–Crippen LogP) is 16.1. The fraction of sp³-hybridized carbons (Fsp3) is 0. The molecule has 0 N–H and O–H groups in total. The minimum atomic E-state index is 0.896. The van der Waals surface area contributed by atoms with Gasteiger partial charge in [-0.1, -0.05) is 170 Å². The molecule has 262 valence electrons. The van der Waals surface area contributed by atoms with Crippen molar-refractivity contribution in [2.24, 2.45) is 0 Å². The van der Waals surface area contributed by atoms with Crippen LogP contribution < -0.4 is 0 Å². The molecule has 57 heavy (non-hydrogen) atoms. The first kappa shape index (κ1) is 30.8. The summed E-state index contributed by atoms with van der Waals surface area (Å²) < 4.78 is 7.07. The highest BCUT2D eigenvalue weighted by Crippen LogP contribution is 2.49. The van der Waals surface area contributed by atoms with E-state index < -0.39 is 0 Å². The van der Waals surface area contributed by atoms with Gasteiger partial charge in [-0.15, -0.1) is 0 Å². The van der Waals surface area contributed by atoms with Crippen LogP contribution in [0.4, 0.5) is 0 Å². The predicted molar refractivity (Wildman–Crippen MR) is 244 cm³/mol. The Bertz CT molecular complexity index is 3790. The molecule has 0 aliphatic rings. The van der Waals surface area contributed by atoms with Crippen LogP contribution in [0.25, 0.3) is 131 Å². The van der Waals surface area contributed by atoms with Crippen LogP contribution in [-0.2, 0) is 0 Å². The van der Waals surface area contributed by atoms with E-state index >= 15 is 0 Å². The molecule has 12 aromatic carbocycles. The van der Waals surface area contributed by atoms with Gasteiger partial charge in [0.05, 0.1) is 0 Å². The highest BCUT2D eigenvalue weighted by Gasteiger charge is 2.22. The first-order chi connectivity index (χ1) is 28.3. The van der Waals surface area contributed by atoms with Crippen molar-refractivity contribution in [2.45, 2.75) is 0 Å². The van der Waals surface area contributed by atoms with E-state index in [1.807, 2.05) is 0 Å². The molecule has 1 heterocycles. The van der Waals surface area contributed by atoms with Crippen LogP contribution in [0.2, 0.25) is 0 Å². The number of furan rings is 1.